The first-order valence-electron chi connectivity index (χ1n) is 8.14. The van der Waals surface area contributed by atoms with Crippen LogP contribution in [0.4, 0.5) is 0 Å². The van der Waals surface area contributed by atoms with Crippen molar-refractivity contribution in [2.45, 2.75) is 38.5 Å². The minimum atomic E-state index is 0.453. The van der Waals surface area contributed by atoms with E-state index in [4.69, 9.17) is 0 Å². The average molecular weight is 326 g/mol. The number of carbonyl (C=O) groups is 1. The molecule has 1 aliphatic heterocycles. The number of nitrogens with zero attached hydrogens (tertiary/aromatic N) is 1. The van der Waals surface area contributed by atoms with E-state index in [9.17, 15) is 4.79 Å². The van der Waals surface area contributed by atoms with E-state index in [1.54, 1.807) is 0 Å². The fourth-order valence-electron chi connectivity index (χ4n) is 5.52. The van der Waals surface area contributed by atoms with Gasteiger partial charge in [0, 0.05) is 24.3 Å². The molecule has 2 nitrogen and oxygen atoms in total. The lowest BCUT2D eigenvalue weighted by Crippen LogP contribution is -2.41. The van der Waals surface area contributed by atoms with Gasteiger partial charge in [0.05, 0.1) is 0 Å². The van der Waals surface area contributed by atoms with Gasteiger partial charge in [0.2, 0.25) is 5.91 Å². The summed E-state index contributed by atoms with van der Waals surface area (Å²) < 4.78 is 0. The van der Waals surface area contributed by atoms with E-state index in [0.29, 0.717) is 11.8 Å². The van der Waals surface area contributed by atoms with Crippen LogP contribution in [0.2, 0.25) is 0 Å². The molecule has 3 heteroatoms. The van der Waals surface area contributed by atoms with Gasteiger partial charge in [-0.1, -0.05) is 15.9 Å². The molecule has 5 atom stereocenters. The van der Waals surface area contributed by atoms with Crippen molar-refractivity contribution >= 4 is 21.8 Å². The van der Waals surface area contributed by atoms with Gasteiger partial charge in [-0.15, -0.1) is 0 Å². The molecular weight excluding hydrogens is 302 g/mol. The van der Waals surface area contributed by atoms with E-state index < -0.39 is 0 Å². The third-order valence-corrected chi connectivity index (χ3v) is 6.83. The van der Waals surface area contributed by atoms with Gasteiger partial charge in [0.25, 0.3) is 0 Å². The van der Waals surface area contributed by atoms with Gasteiger partial charge in [0.15, 0.2) is 0 Å². The molecule has 0 aromatic rings. The van der Waals surface area contributed by atoms with Crippen molar-refractivity contribution in [2.75, 3.05) is 18.4 Å². The molecule has 3 saturated carbocycles. The van der Waals surface area contributed by atoms with Crippen LogP contribution in [-0.4, -0.2) is 29.2 Å². The lowest BCUT2D eigenvalue weighted by molar-refractivity contribution is -0.135. The predicted molar refractivity (Wildman–Crippen MR) is 79.0 cm³/mol. The summed E-state index contributed by atoms with van der Waals surface area (Å²) in [6, 6.07) is 0. The fourth-order valence-corrected chi connectivity index (χ4v) is 6.17. The first kappa shape index (κ1) is 12.7. The normalized spacial score (nSPS) is 47.3. The van der Waals surface area contributed by atoms with Crippen LogP contribution in [0.15, 0.2) is 0 Å². The van der Waals surface area contributed by atoms with E-state index in [0.717, 1.165) is 48.0 Å². The number of alkyl halides is 1. The maximum atomic E-state index is 12.8. The molecule has 0 aromatic heterocycles. The van der Waals surface area contributed by atoms with Crippen LogP contribution >= 0.6 is 15.9 Å². The Balaban J connectivity index is 1.39. The van der Waals surface area contributed by atoms with Gasteiger partial charge in [-0.05, 0) is 68.1 Å². The Kier molecular flexibility index (Phi) is 3.17. The highest BCUT2D eigenvalue weighted by atomic mass is 79.9. The van der Waals surface area contributed by atoms with Crippen LogP contribution < -0.4 is 0 Å². The molecule has 0 radical (unpaired) electrons. The number of fused-ring (bicyclic) bond motifs is 5. The maximum absolute atomic E-state index is 12.8. The summed E-state index contributed by atoms with van der Waals surface area (Å²) in [6.07, 6.45) is 8.05. The Hall–Kier alpha value is -0.0500. The summed E-state index contributed by atoms with van der Waals surface area (Å²) in [5.74, 6) is 5.19. The second-order valence-electron chi connectivity index (χ2n) is 7.28. The van der Waals surface area contributed by atoms with Gasteiger partial charge in [-0.25, -0.2) is 0 Å². The zero-order valence-electron chi connectivity index (χ0n) is 11.6. The topological polar surface area (TPSA) is 20.3 Å². The summed E-state index contributed by atoms with van der Waals surface area (Å²) in [5.41, 5.74) is 0. The minimum absolute atomic E-state index is 0.453. The Labute approximate surface area is 124 Å². The molecule has 0 aromatic carbocycles. The molecule has 2 bridgehead atoms. The van der Waals surface area contributed by atoms with Crippen molar-refractivity contribution in [3.8, 4) is 0 Å². The van der Waals surface area contributed by atoms with Crippen molar-refractivity contribution < 1.29 is 4.79 Å². The van der Waals surface area contributed by atoms with E-state index >= 15 is 0 Å². The van der Waals surface area contributed by atoms with Crippen LogP contribution in [0.25, 0.3) is 0 Å². The second-order valence-corrected chi connectivity index (χ2v) is 8.08. The molecule has 106 valence electrons. The van der Waals surface area contributed by atoms with Gasteiger partial charge in [0.1, 0.15) is 0 Å². The highest BCUT2D eigenvalue weighted by Crippen LogP contribution is 2.69. The van der Waals surface area contributed by atoms with Crippen molar-refractivity contribution in [2.24, 2.45) is 35.5 Å². The number of rotatable bonds is 3. The zero-order chi connectivity index (χ0) is 13.0. The average Bonchev–Trinajstić information content (AvgIpc) is 2.86. The molecule has 1 heterocycles. The first-order chi connectivity index (χ1) is 9.29. The zero-order valence-corrected chi connectivity index (χ0v) is 13.1. The van der Waals surface area contributed by atoms with Crippen LogP contribution in [0.5, 0.6) is 0 Å². The van der Waals surface area contributed by atoms with E-state index in [1.807, 2.05) is 0 Å². The number of hydrogen-bond acceptors (Lipinski definition) is 1. The molecule has 0 spiro atoms. The van der Waals surface area contributed by atoms with Crippen LogP contribution in [0.1, 0.15) is 38.5 Å². The molecule has 0 N–H and O–H groups in total. The van der Waals surface area contributed by atoms with Crippen molar-refractivity contribution in [3.63, 3.8) is 0 Å². The third-order valence-electron chi connectivity index (χ3n) is 6.37. The minimum Gasteiger partial charge on any atom is -0.342 e. The fraction of sp³-hybridized carbons (Fsp3) is 0.938. The monoisotopic (exact) mass is 325 g/mol. The molecule has 5 unspecified atom stereocenters. The summed E-state index contributed by atoms with van der Waals surface area (Å²) in [7, 11) is 0. The van der Waals surface area contributed by atoms with E-state index in [2.05, 4.69) is 20.8 Å². The highest BCUT2D eigenvalue weighted by Gasteiger charge is 2.68. The Morgan fingerprint density at radius 3 is 2.58 bits per heavy atom. The second kappa shape index (κ2) is 4.75. The molecule has 1 amide bonds. The number of hydrogen-bond donors (Lipinski definition) is 0. The number of carbonyl (C=O) groups excluding carboxylic acids is 1. The van der Waals surface area contributed by atoms with Gasteiger partial charge in [-0.3, -0.25) is 4.79 Å². The van der Waals surface area contributed by atoms with Crippen molar-refractivity contribution in [1.82, 2.24) is 4.90 Å². The standard InChI is InChI=1S/C16H24BrNO/c17-6-5-10-2-1-7-18(9-10)16(19)15-13-11-3-4-12(8-11)14(13)15/h10-15H,1-9H2. The summed E-state index contributed by atoms with van der Waals surface area (Å²) in [4.78, 5) is 15.0. The molecule has 19 heavy (non-hydrogen) atoms. The van der Waals surface area contributed by atoms with Crippen LogP contribution in [0.3, 0.4) is 0 Å². The van der Waals surface area contributed by atoms with Crippen molar-refractivity contribution in [3.05, 3.63) is 0 Å². The predicted octanol–water partition coefficient (Wildman–Crippen LogP) is 3.30. The van der Waals surface area contributed by atoms with E-state index in [-0.39, 0.29) is 0 Å². The summed E-state index contributed by atoms with van der Waals surface area (Å²) in [5, 5.41) is 1.08. The number of halogens is 1. The molecule has 4 fully saturated rings. The van der Waals surface area contributed by atoms with E-state index in [1.165, 1.54) is 38.5 Å². The van der Waals surface area contributed by atoms with Gasteiger partial charge in [-0.2, -0.15) is 0 Å². The Morgan fingerprint density at radius 1 is 1.16 bits per heavy atom. The summed E-state index contributed by atoms with van der Waals surface area (Å²) in [6.45, 7) is 2.07. The Morgan fingerprint density at radius 2 is 1.89 bits per heavy atom. The smallest absolute Gasteiger partial charge is 0.226 e. The highest BCUT2D eigenvalue weighted by molar-refractivity contribution is 9.09. The number of piperidine rings is 1. The Bertz CT molecular complexity index is 367. The quantitative estimate of drug-likeness (QED) is 0.729. The lowest BCUT2D eigenvalue weighted by atomic mass is 9.94. The number of likely N-dealkylation sites (tertiary alicyclic amines) is 1. The van der Waals surface area contributed by atoms with Crippen molar-refractivity contribution in [1.29, 1.82) is 0 Å². The molecule has 4 rings (SSSR count). The molecule has 1 saturated heterocycles. The number of amides is 1. The molecule has 4 aliphatic rings. The summed E-state index contributed by atoms with van der Waals surface area (Å²) >= 11 is 3.54. The SMILES string of the molecule is O=C(C1C2C3CCC(C3)C12)N1CCCC(CCBr)C1. The largest absolute Gasteiger partial charge is 0.342 e. The van der Waals surface area contributed by atoms with Crippen LogP contribution in [0, 0.1) is 35.5 Å². The molecular formula is C16H24BrNO. The molecule has 3 aliphatic carbocycles. The van der Waals surface area contributed by atoms with Gasteiger partial charge >= 0.3 is 0 Å². The first-order valence-corrected chi connectivity index (χ1v) is 9.26. The maximum Gasteiger partial charge on any atom is 0.226 e. The van der Waals surface area contributed by atoms with Crippen LogP contribution in [-0.2, 0) is 4.79 Å². The third kappa shape index (κ3) is 1.99. The van der Waals surface area contributed by atoms with Gasteiger partial charge < -0.3 is 4.90 Å². The lowest BCUT2D eigenvalue weighted by Gasteiger charge is -2.33.